The van der Waals surface area contributed by atoms with Crippen LogP contribution in [-0.4, -0.2) is 24.2 Å². The van der Waals surface area contributed by atoms with Crippen molar-refractivity contribution >= 4 is 5.91 Å². The van der Waals surface area contributed by atoms with Crippen molar-refractivity contribution in [2.75, 3.05) is 7.05 Å². The lowest BCUT2D eigenvalue weighted by atomic mass is 10.1. The van der Waals surface area contributed by atoms with Crippen molar-refractivity contribution in [1.82, 2.24) is 5.32 Å². The molecule has 1 aromatic carbocycles. The second-order valence-corrected chi connectivity index (χ2v) is 4.25. The van der Waals surface area contributed by atoms with Crippen LogP contribution in [0.3, 0.4) is 0 Å². The van der Waals surface area contributed by atoms with Gasteiger partial charge in [0.25, 0.3) is 5.91 Å². The summed E-state index contributed by atoms with van der Waals surface area (Å²) in [6.07, 6.45) is 0.602. The molecule has 1 amide bonds. The number of nitrogens with one attached hydrogen (secondary N) is 1. The predicted octanol–water partition coefficient (Wildman–Crippen LogP) is 1.18. The Hall–Kier alpha value is -1.55. The summed E-state index contributed by atoms with van der Waals surface area (Å²) >= 11 is 0. The summed E-state index contributed by atoms with van der Waals surface area (Å²) < 4.78 is 5.64. The quantitative estimate of drug-likeness (QED) is 0.827. The molecule has 2 atom stereocenters. The fourth-order valence-electron chi connectivity index (χ4n) is 2.16. The van der Waals surface area contributed by atoms with E-state index in [9.17, 15) is 9.90 Å². The fraction of sp³-hybridized carbons (Fsp3) is 0.462. The van der Waals surface area contributed by atoms with Crippen LogP contribution in [0.25, 0.3) is 0 Å². The largest absolute Gasteiger partial charge is 0.481 e. The molecule has 2 unspecified atom stereocenters. The minimum Gasteiger partial charge on any atom is -0.481 e. The van der Waals surface area contributed by atoms with Crippen molar-refractivity contribution in [3.63, 3.8) is 0 Å². The van der Waals surface area contributed by atoms with E-state index in [2.05, 4.69) is 5.32 Å². The highest BCUT2D eigenvalue weighted by Crippen LogP contribution is 2.36. The molecule has 0 bridgehead atoms. The summed E-state index contributed by atoms with van der Waals surface area (Å²) in [4.78, 5) is 11.4. The first-order valence-electron chi connectivity index (χ1n) is 5.81. The Morgan fingerprint density at radius 1 is 1.59 bits per heavy atom. The Labute approximate surface area is 101 Å². The van der Waals surface area contributed by atoms with Gasteiger partial charge in [0.15, 0.2) is 6.10 Å². The number of carbonyl (C=O) groups excluding carboxylic acids is 1. The number of aliphatic hydroxyl groups excluding tert-OH is 1. The maximum atomic E-state index is 11.4. The third kappa shape index (κ3) is 2.26. The molecule has 0 heterocycles. The maximum absolute atomic E-state index is 11.4. The number of fused-ring (bicyclic) bond motifs is 1. The molecule has 1 aliphatic rings. The first-order chi connectivity index (χ1) is 8.13. The van der Waals surface area contributed by atoms with Crippen molar-refractivity contribution in [2.45, 2.75) is 32.0 Å². The summed E-state index contributed by atoms with van der Waals surface area (Å²) in [5.41, 5.74) is 1.95. The minimum absolute atomic E-state index is 0.152. The standard InChI is InChI=1S/C13H17NO3/c1-8(13(16)14-2)17-12-5-3-4-9-10(12)6-7-11(9)15/h3-5,8,11,15H,6-7H2,1-2H3,(H,14,16). The van der Waals surface area contributed by atoms with Crippen molar-refractivity contribution in [3.05, 3.63) is 29.3 Å². The SMILES string of the molecule is CNC(=O)C(C)Oc1cccc2c1CCC2O. The topological polar surface area (TPSA) is 58.6 Å². The lowest BCUT2D eigenvalue weighted by Gasteiger charge is -2.16. The van der Waals surface area contributed by atoms with Gasteiger partial charge in [-0.3, -0.25) is 4.79 Å². The van der Waals surface area contributed by atoms with E-state index in [-0.39, 0.29) is 5.91 Å². The zero-order valence-electron chi connectivity index (χ0n) is 10.1. The van der Waals surface area contributed by atoms with Gasteiger partial charge in [0.05, 0.1) is 6.10 Å². The van der Waals surface area contributed by atoms with Gasteiger partial charge in [-0.25, -0.2) is 0 Å². The third-order valence-corrected chi connectivity index (χ3v) is 3.12. The van der Waals surface area contributed by atoms with Gasteiger partial charge in [0.1, 0.15) is 5.75 Å². The molecule has 1 aliphatic carbocycles. The number of likely N-dealkylation sites (N-methyl/N-ethyl adjacent to an activating group) is 1. The first-order valence-corrected chi connectivity index (χ1v) is 5.81. The Morgan fingerprint density at radius 2 is 2.35 bits per heavy atom. The fourth-order valence-corrected chi connectivity index (χ4v) is 2.16. The number of hydrogen-bond acceptors (Lipinski definition) is 3. The number of amides is 1. The van der Waals surface area contributed by atoms with Crippen molar-refractivity contribution in [3.8, 4) is 5.75 Å². The van der Waals surface area contributed by atoms with Crippen LogP contribution < -0.4 is 10.1 Å². The molecular formula is C13H17NO3. The molecule has 17 heavy (non-hydrogen) atoms. The van der Waals surface area contributed by atoms with E-state index in [1.54, 1.807) is 14.0 Å². The molecule has 2 rings (SSSR count). The van der Waals surface area contributed by atoms with Crippen molar-refractivity contribution < 1.29 is 14.6 Å². The van der Waals surface area contributed by atoms with E-state index in [4.69, 9.17) is 4.74 Å². The van der Waals surface area contributed by atoms with Crippen LogP contribution in [0, 0.1) is 0 Å². The zero-order chi connectivity index (χ0) is 12.4. The third-order valence-electron chi connectivity index (χ3n) is 3.12. The molecule has 4 nitrogen and oxygen atoms in total. The van der Waals surface area contributed by atoms with E-state index in [0.717, 1.165) is 24.0 Å². The average Bonchev–Trinajstić information content (AvgIpc) is 2.71. The molecule has 4 heteroatoms. The number of aliphatic hydroxyl groups is 1. The smallest absolute Gasteiger partial charge is 0.260 e. The van der Waals surface area contributed by atoms with Gasteiger partial charge in [-0.15, -0.1) is 0 Å². The number of hydrogen-bond donors (Lipinski definition) is 2. The molecule has 2 N–H and O–H groups in total. The molecule has 0 saturated heterocycles. The van der Waals surface area contributed by atoms with E-state index < -0.39 is 12.2 Å². The summed E-state index contributed by atoms with van der Waals surface area (Å²) in [6.45, 7) is 1.71. The normalized spacial score (nSPS) is 19.6. The number of rotatable bonds is 3. The Bertz CT molecular complexity index is 431. The summed E-state index contributed by atoms with van der Waals surface area (Å²) in [7, 11) is 1.58. The number of carbonyl (C=O) groups is 1. The van der Waals surface area contributed by atoms with Crippen molar-refractivity contribution in [2.24, 2.45) is 0 Å². The Balaban J connectivity index is 2.20. The Morgan fingerprint density at radius 3 is 3.06 bits per heavy atom. The van der Waals surface area contributed by atoms with Crippen LogP contribution >= 0.6 is 0 Å². The molecular weight excluding hydrogens is 218 g/mol. The van der Waals surface area contributed by atoms with Gasteiger partial charge < -0.3 is 15.2 Å². The summed E-state index contributed by atoms with van der Waals surface area (Å²) in [6, 6.07) is 5.60. The van der Waals surface area contributed by atoms with Crippen LogP contribution in [0.2, 0.25) is 0 Å². The molecule has 0 aromatic heterocycles. The second-order valence-electron chi connectivity index (χ2n) is 4.25. The zero-order valence-corrected chi connectivity index (χ0v) is 10.1. The van der Waals surface area contributed by atoms with E-state index in [0.29, 0.717) is 5.75 Å². The highest BCUT2D eigenvalue weighted by Gasteiger charge is 2.24. The number of ether oxygens (including phenoxy) is 1. The van der Waals surface area contributed by atoms with Crippen LogP contribution in [-0.2, 0) is 11.2 Å². The van der Waals surface area contributed by atoms with Gasteiger partial charge in [0, 0.05) is 12.6 Å². The average molecular weight is 235 g/mol. The van der Waals surface area contributed by atoms with E-state index >= 15 is 0 Å². The minimum atomic E-state index is -0.524. The first kappa shape index (κ1) is 11.9. The Kier molecular flexibility index (Phi) is 3.33. The molecule has 1 aromatic rings. The molecule has 0 spiro atoms. The molecule has 0 saturated carbocycles. The van der Waals surface area contributed by atoms with Crippen LogP contribution in [0.15, 0.2) is 18.2 Å². The molecule has 0 radical (unpaired) electrons. The van der Waals surface area contributed by atoms with E-state index in [1.807, 2.05) is 18.2 Å². The monoisotopic (exact) mass is 235 g/mol. The van der Waals surface area contributed by atoms with Gasteiger partial charge in [-0.1, -0.05) is 12.1 Å². The van der Waals surface area contributed by atoms with Crippen LogP contribution in [0.4, 0.5) is 0 Å². The van der Waals surface area contributed by atoms with Crippen molar-refractivity contribution in [1.29, 1.82) is 0 Å². The summed E-state index contributed by atoms with van der Waals surface area (Å²) in [5, 5.41) is 12.3. The molecule has 0 aliphatic heterocycles. The van der Waals surface area contributed by atoms with E-state index in [1.165, 1.54) is 0 Å². The molecule has 92 valence electrons. The maximum Gasteiger partial charge on any atom is 0.260 e. The highest BCUT2D eigenvalue weighted by molar-refractivity contribution is 5.80. The van der Waals surface area contributed by atoms with Gasteiger partial charge >= 0.3 is 0 Å². The molecule has 0 fully saturated rings. The highest BCUT2D eigenvalue weighted by atomic mass is 16.5. The second kappa shape index (κ2) is 4.75. The predicted molar refractivity (Wildman–Crippen MR) is 63.9 cm³/mol. The number of benzene rings is 1. The van der Waals surface area contributed by atoms with Crippen LogP contribution in [0.5, 0.6) is 5.75 Å². The van der Waals surface area contributed by atoms with Gasteiger partial charge in [-0.2, -0.15) is 0 Å². The lowest BCUT2D eigenvalue weighted by Crippen LogP contribution is -2.33. The van der Waals surface area contributed by atoms with Crippen LogP contribution in [0.1, 0.15) is 30.6 Å². The lowest BCUT2D eigenvalue weighted by molar-refractivity contribution is -0.126. The summed E-state index contributed by atoms with van der Waals surface area (Å²) in [5.74, 6) is 0.552. The van der Waals surface area contributed by atoms with Gasteiger partial charge in [0.2, 0.25) is 0 Å². The van der Waals surface area contributed by atoms with Gasteiger partial charge in [-0.05, 0) is 31.4 Å².